The number of amides is 1. The first kappa shape index (κ1) is 30.1. The van der Waals surface area contributed by atoms with Crippen molar-refractivity contribution in [1.82, 2.24) is 9.47 Å². The molecule has 5 nitrogen and oxygen atoms in total. The summed E-state index contributed by atoms with van der Waals surface area (Å²) in [5.41, 5.74) is -2.51. The van der Waals surface area contributed by atoms with E-state index in [0.717, 1.165) is 9.47 Å². The van der Waals surface area contributed by atoms with E-state index in [1.165, 1.54) is 14.1 Å². The number of pyridine rings is 2. The molecule has 39 heavy (non-hydrogen) atoms. The molecule has 0 radical (unpaired) electrons. The number of nitrogens with zero attached hydrogens (tertiary/aromatic N) is 3. The monoisotopic (exact) mass is 661 g/mol. The molecule has 0 aliphatic carbocycles. The minimum Gasteiger partial charge on any atom is -1.00 e. The number of carbonyl (C=O) groups excluding carboxylic acids is 1. The fourth-order valence-corrected chi connectivity index (χ4v) is 4.42. The van der Waals surface area contributed by atoms with Crippen molar-refractivity contribution < 1.29 is 59.7 Å². The minimum absolute atomic E-state index is 0. The molecule has 0 bridgehead atoms. The maximum absolute atomic E-state index is 13.7. The topological polar surface area (TPSA) is 46.2 Å². The maximum atomic E-state index is 13.7. The largest absolute Gasteiger partial charge is 1.00 e. The molecule has 206 valence electrons. The van der Waals surface area contributed by atoms with Crippen LogP contribution in [-0.2, 0) is 33.0 Å². The quantitative estimate of drug-likeness (QED) is 0.192. The van der Waals surface area contributed by atoms with Gasteiger partial charge in [0.15, 0.2) is 6.20 Å². The van der Waals surface area contributed by atoms with E-state index < -0.39 is 41.5 Å². The zero-order valence-electron chi connectivity index (χ0n) is 20.9. The van der Waals surface area contributed by atoms with Gasteiger partial charge in [0, 0.05) is 32.3 Å². The summed E-state index contributed by atoms with van der Waals surface area (Å²) in [6.07, 6.45) is -8.36. The number of carbonyl (C=O) groups is 1. The molecule has 4 rings (SSSR count). The lowest BCUT2D eigenvalue weighted by Gasteiger charge is -2.23. The number of benzene rings is 2. The molecule has 0 aliphatic heterocycles. The molecule has 0 saturated heterocycles. The molecule has 1 amide bonds. The Morgan fingerprint density at radius 3 is 2.03 bits per heavy atom. The van der Waals surface area contributed by atoms with E-state index in [9.17, 15) is 35.9 Å². The molecule has 2 aromatic heterocycles. The third kappa shape index (κ3) is 5.94. The first-order valence-electron chi connectivity index (χ1n) is 11.3. The molecule has 0 atom stereocenters. The van der Waals surface area contributed by atoms with Crippen molar-refractivity contribution in [3.05, 3.63) is 99.6 Å². The van der Waals surface area contributed by atoms with Crippen molar-refractivity contribution in [2.45, 2.75) is 18.9 Å². The Balaban J connectivity index is 0.00000420. The van der Waals surface area contributed by atoms with Gasteiger partial charge in [0.25, 0.3) is 11.4 Å². The van der Waals surface area contributed by atoms with Crippen LogP contribution in [0.25, 0.3) is 22.0 Å². The van der Waals surface area contributed by atoms with Crippen LogP contribution in [0.15, 0.2) is 71.7 Å². The lowest BCUT2D eigenvalue weighted by Crippen LogP contribution is -3.00. The first-order valence-corrected chi connectivity index (χ1v) is 11.3. The Kier molecular flexibility index (Phi) is 8.49. The second kappa shape index (κ2) is 11.0. The lowest BCUT2D eigenvalue weighted by molar-refractivity contribution is -0.645. The molecule has 0 saturated carbocycles. The van der Waals surface area contributed by atoms with Gasteiger partial charge in [-0.2, -0.15) is 30.9 Å². The Morgan fingerprint density at radius 1 is 0.923 bits per heavy atom. The predicted octanol–water partition coefficient (Wildman–Crippen LogP) is 2.34. The molecule has 0 N–H and O–H groups in total. The van der Waals surface area contributed by atoms with Crippen LogP contribution in [0, 0.1) is 0 Å². The Labute approximate surface area is 236 Å². The van der Waals surface area contributed by atoms with Crippen LogP contribution in [0.2, 0.25) is 0 Å². The number of alkyl halides is 6. The molecule has 2 aromatic carbocycles. The summed E-state index contributed by atoms with van der Waals surface area (Å²) in [6.45, 7) is -0.561. The highest BCUT2D eigenvalue weighted by Crippen LogP contribution is 2.37. The predicted molar refractivity (Wildman–Crippen MR) is 128 cm³/mol. The van der Waals surface area contributed by atoms with Crippen LogP contribution >= 0.6 is 0 Å². The van der Waals surface area contributed by atoms with Crippen molar-refractivity contribution in [2.75, 3.05) is 7.05 Å². The van der Waals surface area contributed by atoms with Gasteiger partial charge in [-0.05, 0) is 35.4 Å². The molecular weight excluding hydrogens is 639 g/mol. The smallest absolute Gasteiger partial charge is 0.416 e. The molecule has 0 spiro atoms. The molecule has 0 aliphatic rings. The second-order valence-corrected chi connectivity index (χ2v) is 8.91. The van der Waals surface area contributed by atoms with Crippen LogP contribution in [0.4, 0.5) is 26.3 Å². The molecule has 0 fully saturated rings. The first-order chi connectivity index (χ1) is 17.7. The summed E-state index contributed by atoms with van der Waals surface area (Å²) in [6, 6.07) is 13.3. The van der Waals surface area contributed by atoms with E-state index in [1.807, 2.05) is 0 Å². The summed E-state index contributed by atoms with van der Waals surface area (Å²) in [5, 5.41) is 0.472. The number of rotatable bonds is 4. The molecular formula is C27H22F6IN3O2. The highest BCUT2D eigenvalue weighted by atomic mass is 127. The molecule has 4 aromatic rings. The number of aryl methyl sites for hydroxylation is 1. The van der Waals surface area contributed by atoms with Crippen molar-refractivity contribution in [3.63, 3.8) is 0 Å². The highest BCUT2D eigenvalue weighted by Gasteiger charge is 2.37. The van der Waals surface area contributed by atoms with Gasteiger partial charge in [-0.1, -0.05) is 30.3 Å². The van der Waals surface area contributed by atoms with E-state index >= 15 is 0 Å². The average molecular weight is 661 g/mol. The fraction of sp³-hybridized carbons (Fsp3) is 0.222. The number of hydrogen-bond donors (Lipinski definition) is 0. The van der Waals surface area contributed by atoms with Gasteiger partial charge >= 0.3 is 17.9 Å². The van der Waals surface area contributed by atoms with Crippen LogP contribution in [-0.4, -0.2) is 22.4 Å². The van der Waals surface area contributed by atoms with Crippen molar-refractivity contribution in [2.24, 2.45) is 14.1 Å². The Hall–Kier alpha value is -3.42. The van der Waals surface area contributed by atoms with Crippen LogP contribution in [0.5, 0.6) is 0 Å². The molecule has 0 unspecified atom stereocenters. The van der Waals surface area contributed by atoms with Crippen LogP contribution < -0.4 is 34.1 Å². The van der Waals surface area contributed by atoms with E-state index in [-0.39, 0.29) is 41.3 Å². The number of fused-ring (bicyclic) bond motifs is 1. The molecule has 12 heteroatoms. The number of hydrogen-bond acceptors (Lipinski definition) is 2. The van der Waals surface area contributed by atoms with Crippen molar-refractivity contribution >= 4 is 16.8 Å². The summed E-state index contributed by atoms with van der Waals surface area (Å²) >= 11 is 0. The van der Waals surface area contributed by atoms with E-state index in [0.29, 0.717) is 34.2 Å². The number of halogens is 7. The van der Waals surface area contributed by atoms with Crippen LogP contribution in [0.1, 0.15) is 27.2 Å². The van der Waals surface area contributed by atoms with Gasteiger partial charge in [0.1, 0.15) is 12.7 Å². The van der Waals surface area contributed by atoms with Gasteiger partial charge in [0.2, 0.25) is 0 Å². The van der Waals surface area contributed by atoms with E-state index in [1.54, 1.807) is 60.3 Å². The van der Waals surface area contributed by atoms with E-state index in [2.05, 4.69) is 0 Å². The lowest BCUT2D eigenvalue weighted by atomic mass is 9.97. The summed E-state index contributed by atoms with van der Waals surface area (Å²) in [5.74, 6) is -0.747. The number of aromatic nitrogens is 2. The second-order valence-electron chi connectivity index (χ2n) is 8.91. The van der Waals surface area contributed by atoms with Gasteiger partial charge in [-0.3, -0.25) is 9.59 Å². The third-order valence-corrected chi connectivity index (χ3v) is 6.21. The van der Waals surface area contributed by atoms with Crippen LogP contribution in [0.3, 0.4) is 0 Å². The standard InChI is InChI=1S/C27H22F6N3O2.HI/c1-34-11-7-10-20-21(17-8-5-4-6-9-17)23(36(3)25(38)22(20)34)24(37)35(2)15-16-12-18(26(28,29)30)14-19(13-16)27(31,32)33;/h4-14H,15H2,1-3H3;1H/q+1;/p-1. The third-order valence-electron chi connectivity index (χ3n) is 6.21. The zero-order chi connectivity index (χ0) is 28.0. The van der Waals surface area contributed by atoms with Gasteiger partial charge < -0.3 is 33.4 Å². The van der Waals surface area contributed by atoms with Crippen molar-refractivity contribution in [3.8, 4) is 11.1 Å². The van der Waals surface area contributed by atoms with Crippen molar-refractivity contribution in [1.29, 1.82) is 0 Å². The zero-order valence-corrected chi connectivity index (χ0v) is 23.0. The van der Waals surface area contributed by atoms with Gasteiger partial charge in [0.05, 0.1) is 16.5 Å². The van der Waals surface area contributed by atoms with E-state index in [4.69, 9.17) is 0 Å². The van der Waals surface area contributed by atoms with Gasteiger partial charge in [-0.25, -0.2) is 0 Å². The van der Waals surface area contributed by atoms with Gasteiger partial charge in [-0.15, -0.1) is 0 Å². The summed E-state index contributed by atoms with van der Waals surface area (Å²) in [7, 11) is 4.33. The SMILES string of the molecule is CN(Cc1cc(C(F)(F)F)cc(C(F)(F)F)c1)C(=O)c1c(-c2ccccc2)c2ccc[n+](C)c2c(=O)n1C.[I-]. The fourth-order valence-electron chi connectivity index (χ4n) is 4.42. The highest BCUT2D eigenvalue weighted by molar-refractivity contribution is 6.07. The maximum Gasteiger partial charge on any atom is 0.416 e. The Morgan fingerprint density at radius 2 is 1.49 bits per heavy atom. The normalized spacial score (nSPS) is 11.8. The summed E-state index contributed by atoms with van der Waals surface area (Å²) < 4.78 is 82.7. The average Bonchev–Trinajstić information content (AvgIpc) is 2.84. The molecule has 2 heterocycles. The summed E-state index contributed by atoms with van der Waals surface area (Å²) in [4.78, 5) is 28.0. The Bertz CT molecular complexity index is 1570. The minimum atomic E-state index is -5.02.